The number of amidine groups is 1. The van der Waals surface area contributed by atoms with Crippen LogP contribution < -0.4 is 10.9 Å². The molecule has 2 heterocycles. The average Bonchev–Trinajstić information content (AvgIpc) is 2.83. The lowest BCUT2D eigenvalue weighted by molar-refractivity contribution is -0.138. The zero-order chi connectivity index (χ0) is 14.8. The lowest BCUT2D eigenvalue weighted by Crippen LogP contribution is -2.34. The van der Waals surface area contributed by atoms with Gasteiger partial charge in [-0.3, -0.25) is 14.6 Å². The average molecular weight is 305 g/mol. The summed E-state index contributed by atoms with van der Waals surface area (Å²) in [5, 5.41) is 2.87. The molecule has 0 bridgehead atoms. The van der Waals surface area contributed by atoms with Gasteiger partial charge >= 0.3 is 6.18 Å². The molecule has 1 amide bonds. The predicted molar refractivity (Wildman–Crippen MR) is 68.6 cm³/mol. The highest BCUT2D eigenvalue weighted by Crippen LogP contribution is 2.27. The maximum atomic E-state index is 12.5. The van der Waals surface area contributed by atoms with Crippen molar-refractivity contribution in [2.75, 3.05) is 12.3 Å². The van der Waals surface area contributed by atoms with E-state index in [2.05, 4.69) is 10.3 Å². The van der Waals surface area contributed by atoms with Crippen LogP contribution in [0.3, 0.4) is 0 Å². The van der Waals surface area contributed by atoms with E-state index in [1.165, 1.54) is 11.8 Å². The van der Waals surface area contributed by atoms with Crippen LogP contribution in [0, 0.1) is 0 Å². The zero-order valence-electron chi connectivity index (χ0n) is 10.1. The van der Waals surface area contributed by atoms with Gasteiger partial charge in [-0.05, 0) is 6.07 Å². The van der Waals surface area contributed by atoms with Crippen LogP contribution in [0.15, 0.2) is 28.1 Å². The van der Waals surface area contributed by atoms with Crippen molar-refractivity contribution in [2.45, 2.75) is 12.7 Å². The molecule has 20 heavy (non-hydrogen) atoms. The van der Waals surface area contributed by atoms with E-state index in [9.17, 15) is 22.8 Å². The Hall–Kier alpha value is -1.77. The highest BCUT2D eigenvalue weighted by molar-refractivity contribution is 8.14. The minimum atomic E-state index is -4.56. The summed E-state index contributed by atoms with van der Waals surface area (Å²) < 4.78 is 38.3. The van der Waals surface area contributed by atoms with E-state index in [1.54, 1.807) is 0 Å². The van der Waals surface area contributed by atoms with Crippen molar-refractivity contribution in [1.82, 2.24) is 9.88 Å². The van der Waals surface area contributed by atoms with Crippen molar-refractivity contribution in [3.63, 3.8) is 0 Å². The van der Waals surface area contributed by atoms with Gasteiger partial charge in [-0.15, -0.1) is 0 Å². The third-order valence-electron chi connectivity index (χ3n) is 2.46. The Labute approximate surface area is 115 Å². The van der Waals surface area contributed by atoms with Crippen LogP contribution in [0.5, 0.6) is 0 Å². The van der Waals surface area contributed by atoms with Crippen LogP contribution in [0.4, 0.5) is 13.2 Å². The van der Waals surface area contributed by atoms with E-state index >= 15 is 0 Å². The first-order chi connectivity index (χ1) is 9.36. The van der Waals surface area contributed by atoms with E-state index in [0.717, 1.165) is 16.4 Å². The third-order valence-corrected chi connectivity index (χ3v) is 3.35. The Bertz CT molecular complexity index is 610. The van der Waals surface area contributed by atoms with Crippen molar-refractivity contribution in [2.24, 2.45) is 4.99 Å². The smallest absolute Gasteiger partial charge is 0.305 e. The van der Waals surface area contributed by atoms with Crippen molar-refractivity contribution >= 4 is 22.8 Å². The molecule has 0 aromatic carbocycles. The van der Waals surface area contributed by atoms with Gasteiger partial charge in [0.2, 0.25) is 5.91 Å². The summed E-state index contributed by atoms with van der Waals surface area (Å²) in [6.45, 7) is 0.103. The number of amides is 1. The number of hydrogen-bond donors (Lipinski definition) is 1. The number of aromatic nitrogens is 1. The number of carbonyl (C=O) groups excluding carboxylic acids is 1. The van der Waals surface area contributed by atoms with Gasteiger partial charge in [0, 0.05) is 18.0 Å². The number of alkyl halides is 3. The fourth-order valence-corrected chi connectivity index (χ4v) is 2.29. The number of aliphatic imine (C=N–C) groups is 1. The number of pyridine rings is 1. The van der Waals surface area contributed by atoms with E-state index < -0.39 is 29.8 Å². The van der Waals surface area contributed by atoms with Crippen LogP contribution in [0.1, 0.15) is 5.56 Å². The molecule has 1 aromatic rings. The Kier molecular flexibility index (Phi) is 4.17. The van der Waals surface area contributed by atoms with Crippen molar-refractivity contribution in [3.8, 4) is 0 Å². The first-order valence-corrected chi connectivity index (χ1v) is 6.59. The van der Waals surface area contributed by atoms with E-state index in [0.29, 0.717) is 24.0 Å². The normalized spacial score (nSPS) is 15.1. The van der Waals surface area contributed by atoms with Crippen LogP contribution in [0.25, 0.3) is 0 Å². The summed E-state index contributed by atoms with van der Waals surface area (Å²) >= 11 is 1.34. The SMILES string of the molecule is O=C(Cn1cc(C(F)(F)F)ccc1=O)NC1=NCCS1. The topological polar surface area (TPSA) is 63.5 Å². The molecule has 0 atom stereocenters. The molecular weight excluding hydrogens is 295 g/mol. The molecule has 2 rings (SSSR count). The molecule has 0 saturated heterocycles. The van der Waals surface area contributed by atoms with Crippen LogP contribution in [0.2, 0.25) is 0 Å². The van der Waals surface area contributed by atoms with E-state index in [1.807, 2.05) is 0 Å². The maximum Gasteiger partial charge on any atom is 0.417 e. The molecule has 0 fully saturated rings. The van der Waals surface area contributed by atoms with Gasteiger partial charge < -0.3 is 9.88 Å². The molecule has 1 aliphatic heterocycles. The number of halogens is 3. The molecule has 1 aromatic heterocycles. The molecule has 0 unspecified atom stereocenters. The predicted octanol–water partition coefficient (Wildman–Crippen LogP) is 1.09. The van der Waals surface area contributed by atoms with Gasteiger partial charge in [0.25, 0.3) is 5.56 Å². The van der Waals surface area contributed by atoms with Gasteiger partial charge in [0.05, 0.1) is 12.1 Å². The monoisotopic (exact) mass is 305 g/mol. The Morgan fingerprint density at radius 3 is 2.80 bits per heavy atom. The number of carbonyl (C=O) groups is 1. The summed E-state index contributed by atoms with van der Waals surface area (Å²) in [7, 11) is 0. The second kappa shape index (κ2) is 5.70. The molecule has 0 aliphatic carbocycles. The highest BCUT2D eigenvalue weighted by Gasteiger charge is 2.31. The fourth-order valence-electron chi connectivity index (χ4n) is 1.55. The van der Waals surface area contributed by atoms with Crippen molar-refractivity contribution < 1.29 is 18.0 Å². The van der Waals surface area contributed by atoms with Gasteiger partial charge in [-0.25, -0.2) is 0 Å². The maximum absolute atomic E-state index is 12.5. The zero-order valence-corrected chi connectivity index (χ0v) is 10.9. The molecule has 9 heteroatoms. The number of rotatable bonds is 2. The van der Waals surface area contributed by atoms with Gasteiger partial charge in [-0.1, -0.05) is 11.8 Å². The minimum Gasteiger partial charge on any atom is -0.305 e. The lowest BCUT2D eigenvalue weighted by atomic mass is 10.3. The Balaban J connectivity index is 2.12. The number of nitrogens with one attached hydrogen (secondary N) is 1. The molecule has 5 nitrogen and oxygen atoms in total. The number of nitrogens with zero attached hydrogens (tertiary/aromatic N) is 2. The van der Waals surface area contributed by atoms with Crippen LogP contribution in [-0.4, -0.2) is 27.9 Å². The summed E-state index contributed by atoms with van der Waals surface area (Å²) in [4.78, 5) is 27.1. The quantitative estimate of drug-likeness (QED) is 0.889. The second-order valence-electron chi connectivity index (χ2n) is 3.97. The van der Waals surface area contributed by atoms with Crippen LogP contribution in [-0.2, 0) is 17.5 Å². The largest absolute Gasteiger partial charge is 0.417 e. The Morgan fingerprint density at radius 1 is 1.45 bits per heavy atom. The molecule has 0 radical (unpaired) electrons. The van der Waals surface area contributed by atoms with E-state index in [-0.39, 0.29) is 0 Å². The summed E-state index contributed by atoms with van der Waals surface area (Å²) in [5.41, 5.74) is -1.65. The first-order valence-electron chi connectivity index (χ1n) is 5.61. The first kappa shape index (κ1) is 14.6. The lowest BCUT2D eigenvalue weighted by Gasteiger charge is -2.10. The fraction of sp³-hybridized carbons (Fsp3) is 0.364. The molecule has 1 N–H and O–H groups in total. The molecule has 0 saturated carbocycles. The second-order valence-corrected chi connectivity index (χ2v) is 5.05. The minimum absolute atomic E-state index is 0.426. The third kappa shape index (κ3) is 3.62. The molecular formula is C11H10F3N3O2S. The van der Waals surface area contributed by atoms with Crippen LogP contribution >= 0.6 is 11.8 Å². The van der Waals surface area contributed by atoms with E-state index in [4.69, 9.17) is 0 Å². The van der Waals surface area contributed by atoms with Gasteiger partial charge in [0.15, 0.2) is 5.17 Å². The van der Waals surface area contributed by atoms with Gasteiger partial charge in [0.1, 0.15) is 6.54 Å². The Morgan fingerprint density at radius 2 is 2.20 bits per heavy atom. The molecule has 108 valence electrons. The van der Waals surface area contributed by atoms with Crippen molar-refractivity contribution in [3.05, 3.63) is 34.2 Å². The van der Waals surface area contributed by atoms with Crippen molar-refractivity contribution in [1.29, 1.82) is 0 Å². The number of thioether (sulfide) groups is 1. The summed E-state index contributed by atoms with van der Waals surface area (Å²) in [5.74, 6) is 0.165. The summed E-state index contributed by atoms with van der Waals surface area (Å²) in [6.07, 6.45) is -3.93. The summed E-state index contributed by atoms with van der Waals surface area (Å²) in [6, 6.07) is 1.48. The highest BCUT2D eigenvalue weighted by atomic mass is 32.2. The standard InChI is InChI=1S/C11H10F3N3O2S/c12-11(13,14)7-1-2-9(19)17(5-7)6-8(18)16-10-15-3-4-20-10/h1-2,5H,3-4,6H2,(H,15,16,18). The molecule has 1 aliphatic rings. The molecule has 0 spiro atoms. The number of hydrogen-bond acceptors (Lipinski definition) is 4. The van der Waals surface area contributed by atoms with Gasteiger partial charge in [-0.2, -0.15) is 13.2 Å².